The molecule has 0 bridgehead atoms. The fourth-order valence-electron chi connectivity index (χ4n) is 4.00. The molecular weight excluding hydrogens is 316 g/mol. The summed E-state index contributed by atoms with van der Waals surface area (Å²) < 4.78 is 0. The number of hydrogen-bond acceptors (Lipinski definition) is 3. The highest BCUT2D eigenvalue weighted by molar-refractivity contribution is 6.00. The molecule has 0 aliphatic carbocycles. The molecule has 2 aromatic rings. The minimum atomic E-state index is -0.268. The molecule has 6 heteroatoms. The van der Waals surface area contributed by atoms with Gasteiger partial charge in [0.15, 0.2) is 0 Å². The van der Waals surface area contributed by atoms with Crippen LogP contribution >= 0.6 is 0 Å². The Morgan fingerprint density at radius 3 is 2.68 bits per heavy atom. The van der Waals surface area contributed by atoms with Crippen LogP contribution in [-0.4, -0.2) is 46.3 Å². The first kappa shape index (κ1) is 15.9. The van der Waals surface area contributed by atoms with Gasteiger partial charge in [0.2, 0.25) is 5.91 Å². The number of likely N-dealkylation sites (tertiary alicyclic amines) is 1. The summed E-state index contributed by atoms with van der Waals surface area (Å²) in [5.74, 6) is 0.879. The second-order valence-electron chi connectivity index (χ2n) is 6.92. The van der Waals surface area contributed by atoms with Crippen LogP contribution < -0.4 is 5.32 Å². The van der Waals surface area contributed by atoms with E-state index < -0.39 is 0 Å². The molecule has 2 fully saturated rings. The molecule has 25 heavy (non-hydrogen) atoms. The summed E-state index contributed by atoms with van der Waals surface area (Å²) in [5, 5.41) is 2.99. The largest absolute Gasteiger partial charge is 0.356 e. The lowest BCUT2D eigenvalue weighted by Gasteiger charge is -2.43. The Balaban J connectivity index is 1.53. The number of nitrogens with zero attached hydrogens (tertiary/aromatic N) is 2. The van der Waals surface area contributed by atoms with Crippen LogP contribution in [0, 0.1) is 5.41 Å². The molecule has 0 unspecified atom stereocenters. The zero-order valence-corrected chi connectivity index (χ0v) is 14.1. The fraction of sp³-hybridized carbons (Fsp3) is 0.421. The van der Waals surface area contributed by atoms with Crippen LogP contribution in [0.4, 0.5) is 0 Å². The number of aromatic nitrogens is 2. The van der Waals surface area contributed by atoms with Gasteiger partial charge in [-0.05, 0) is 31.7 Å². The van der Waals surface area contributed by atoms with Crippen molar-refractivity contribution in [1.29, 1.82) is 0 Å². The maximum Gasteiger partial charge on any atom is 0.254 e. The SMILES string of the molecule is O=C(c1ccccc1-c1ncc[nH]1)N1CCC2(CCCNC2=O)CC1. The molecule has 4 rings (SSSR count). The Hall–Kier alpha value is -2.63. The first-order valence-corrected chi connectivity index (χ1v) is 8.86. The zero-order valence-electron chi connectivity index (χ0n) is 14.1. The highest BCUT2D eigenvalue weighted by Crippen LogP contribution is 2.38. The molecule has 2 aliphatic heterocycles. The number of carbonyl (C=O) groups is 2. The van der Waals surface area contributed by atoms with E-state index in [9.17, 15) is 9.59 Å². The standard InChI is InChI=1S/C19H22N4O2/c24-17(15-5-2-1-4-14(15)16-20-10-11-21-16)23-12-7-19(8-13-23)6-3-9-22-18(19)25/h1-2,4-5,10-11H,3,6-9,12-13H2,(H,20,21)(H,22,25). The Kier molecular flexibility index (Phi) is 4.03. The van der Waals surface area contributed by atoms with Gasteiger partial charge >= 0.3 is 0 Å². The van der Waals surface area contributed by atoms with Gasteiger partial charge < -0.3 is 15.2 Å². The number of nitrogens with one attached hydrogen (secondary N) is 2. The normalized spacial score (nSPS) is 19.7. The topological polar surface area (TPSA) is 78.1 Å². The number of rotatable bonds is 2. The maximum atomic E-state index is 13.1. The lowest BCUT2D eigenvalue weighted by atomic mass is 9.72. The third kappa shape index (κ3) is 2.81. The number of aromatic amines is 1. The van der Waals surface area contributed by atoms with E-state index in [1.807, 2.05) is 29.2 Å². The van der Waals surface area contributed by atoms with E-state index in [1.54, 1.807) is 12.4 Å². The average Bonchev–Trinajstić information content (AvgIpc) is 3.19. The van der Waals surface area contributed by atoms with Gasteiger partial charge in [-0.25, -0.2) is 4.98 Å². The van der Waals surface area contributed by atoms with Crippen LogP contribution in [0.1, 0.15) is 36.0 Å². The number of benzene rings is 1. The molecule has 0 atom stereocenters. The predicted octanol–water partition coefficient (Wildman–Crippen LogP) is 2.21. The molecular formula is C19H22N4O2. The molecule has 130 valence electrons. The average molecular weight is 338 g/mol. The van der Waals surface area contributed by atoms with Crippen LogP contribution in [0.3, 0.4) is 0 Å². The van der Waals surface area contributed by atoms with Crippen molar-refractivity contribution in [3.05, 3.63) is 42.2 Å². The second kappa shape index (κ2) is 6.35. The van der Waals surface area contributed by atoms with Crippen molar-refractivity contribution in [1.82, 2.24) is 20.2 Å². The van der Waals surface area contributed by atoms with Crippen molar-refractivity contribution in [3.63, 3.8) is 0 Å². The minimum absolute atomic E-state index is 0.0121. The van der Waals surface area contributed by atoms with Crippen LogP contribution in [0.25, 0.3) is 11.4 Å². The highest BCUT2D eigenvalue weighted by Gasteiger charge is 2.43. The lowest BCUT2D eigenvalue weighted by Crippen LogP contribution is -2.52. The molecule has 1 aromatic carbocycles. The van der Waals surface area contributed by atoms with Gasteiger partial charge in [0.25, 0.3) is 5.91 Å². The molecule has 2 N–H and O–H groups in total. The third-order valence-electron chi connectivity index (χ3n) is 5.52. The fourth-order valence-corrected chi connectivity index (χ4v) is 4.00. The Morgan fingerprint density at radius 2 is 1.96 bits per heavy atom. The summed E-state index contributed by atoms with van der Waals surface area (Å²) in [7, 11) is 0. The van der Waals surface area contributed by atoms with Crippen LogP contribution in [0.15, 0.2) is 36.7 Å². The molecule has 0 radical (unpaired) electrons. The number of hydrogen-bond donors (Lipinski definition) is 2. The predicted molar refractivity (Wildman–Crippen MR) is 93.8 cm³/mol. The third-order valence-corrected chi connectivity index (χ3v) is 5.52. The summed E-state index contributed by atoms with van der Waals surface area (Å²) in [6.45, 7) is 2.03. The van der Waals surface area contributed by atoms with E-state index in [1.165, 1.54) is 0 Å². The highest BCUT2D eigenvalue weighted by atomic mass is 16.2. The van der Waals surface area contributed by atoms with Crippen LogP contribution in [0.5, 0.6) is 0 Å². The van der Waals surface area contributed by atoms with E-state index in [-0.39, 0.29) is 17.2 Å². The van der Waals surface area contributed by atoms with Crippen molar-refractivity contribution in [2.75, 3.05) is 19.6 Å². The van der Waals surface area contributed by atoms with Crippen molar-refractivity contribution >= 4 is 11.8 Å². The molecule has 6 nitrogen and oxygen atoms in total. The molecule has 0 saturated carbocycles. The van der Waals surface area contributed by atoms with E-state index in [4.69, 9.17) is 0 Å². The van der Waals surface area contributed by atoms with E-state index in [0.29, 0.717) is 24.5 Å². The zero-order chi connectivity index (χ0) is 17.3. The molecule has 1 aromatic heterocycles. The molecule has 2 amide bonds. The van der Waals surface area contributed by atoms with Crippen LogP contribution in [0.2, 0.25) is 0 Å². The molecule has 2 saturated heterocycles. The minimum Gasteiger partial charge on any atom is -0.356 e. The monoisotopic (exact) mass is 338 g/mol. The quantitative estimate of drug-likeness (QED) is 0.881. The number of H-pyrrole nitrogens is 1. The summed E-state index contributed by atoms with van der Waals surface area (Å²) in [6, 6.07) is 7.54. The molecule has 2 aliphatic rings. The van der Waals surface area contributed by atoms with Gasteiger partial charge in [-0.1, -0.05) is 18.2 Å². The van der Waals surface area contributed by atoms with Gasteiger partial charge in [-0.2, -0.15) is 0 Å². The number of piperidine rings is 2. The van der Waals surface area contributed by atoms with Gasteiger partial charge in [-0.15, -0.1) is 0 Å². The van der Waals surface area contributed by atoms with E-state index in [0.717, 1.165) is 37.8 Å². The summed E-state index contributed by atoms with van der Waals surface area (Å²) in [4.78, 5) is 34.6. The van der Waals surface area contributed by atoms with E-state index in [2.05, 4.69) is 15.3 Å². The summed E-state index contributed by atoms with van der Waals surface area (Å²) >= 11 is 0. The number of imidazole rings is 1. The smallest absolute Gasteiger partial charge is 0.254 e. The van der Waals surface area contributed by atoms with Crippen molar-refractivity contribution in [3.8, 4) is 11.4 Å². The van der Waals surface area contributed by atoms with Gasteiger partial charge in [0.05, 0.1) is 11.0 Å². The first-order chi connectivity index (χ1) is 12.2. The van der Waals surface area contributed by atoms with Gasteiger partial charge in [0.1, 0.15) is 5.82 Å². The second-order valence-corrected chi connectivity index (χ2v) is 6.92. The van der Waals surface area contributed by atoms with Crippen molar-refractivity contribution in [2.45, 2.75) is 25.7 Å². The lowest BCUT2D eigenvalue weighted by molar-refractivity contribution is -0.136. The maximum absolute atomic E-state index is 13.1. The molecule has 1 spiro atoms. The Labute approximate surface area is 146 Å². The summed E-state index contributed by atoms with van der Waals surface area (Å²) in [6.07, 6.45) is 6.89. The van der Waals surface area contributed by atoms with Gasteiger partial charge in [-0.3, -0.25) is 9.59 Å². The Bertz CT molecular complexity index is 776. The van der Waals surface area contributed by atoms with Crippen molar-refractivity contribution in [2.24, 2.45) is 5.41 Å². The number of carbonyl (C=O) groups excluding carboxylic acids is 2. The Morgan fingerprint density at radius 1 is 1.16 bits per heavy atom. The van der Waals surface area contributed by atoms with Crippen LogP contribution in [-0.2, 0) is 4.79 Å². The molecule has 3 heterocycles. The van der Waals surface area contributed by atoms with E-state index >= 15 is 0 Å². The summed E-state index contributed by atoms with van der Waals surface area (Å²) in [5.41, 5.74) is 1.20. The number of amides is 2. The van der Waals surface area contributed by atoms with Gasteiger partial charge in [0, 0.05) is 37.6 Å². The van der Waals surface area contributed by atoms with Crippen molar-refractivity contribution < 1.29 is 9.59 Å². The first-order valence-electron chi connectivity index (χ1n) is 8.86.